The van der Waals surface area contributed by atoms with Crippen molar-refractivity contribution in [3.05, 3.63) is 97.5 Å². The number of fused-ring (bicyclic) bond motifs is 3. The van der Waals surface area contributed by atoms with Gasteiger partial charge in [-0.2, -0.15) is 0 Å². The van der Waals surface area contributed by atoms with Crippen LogP contribution in [0.15, 0.2) is 75.9 Å². The highest BCUT2D eigenvalue weighted by molar-refractivity contribution is 7.09. The zero-order valence-corrected chi connectivity index (χ0v) is 19.1. The number of pyridine rings is 3. The summed E-state index contributed by atoms with van der Waals surface area (Å²) in [7, 11) is 0. The standard InChI is InChI=1S/C26H21N3O4S/c30-25-19-15-20-22(27-21(19)6-9-28(25)8-5-18-2-1-13-34-18)7-10-29(26(20)31)16-17-3-4-23-24(14-17)33-12-11-32-23/h1-4,6-7,9-10,13-15H,5,8,11-12,16H2. The molecule has 0 atom stereocenters. The van der Waals surface area contributed by atoms with Crippen molar-refractivity contribution >= 4 is 33.1 Å². The number of rotatable bonds is 5. The molecule has 0 radical (unpaired) electrons. The Balaban J connectivity index is 1.36. The first kappa shape index (κ1) is 20.7. The highest BCUT2D eigenvalue weighted by Crippen LogP contribution is 2.31. The van der Waals surface area contributed by atoms with E-state index in [1.165, 1.54) is 4.88 Å². The summed E-state index contributed by atoms with van der Waals surface area (Å²) in [6, 6.07) is 15.1. The fraction of sp³-hybridized carbons (Fsp3) is 0.192. The van der Waals surface area contributed by atoms with Gasteiger partial charge in [-0.25, -0.2) is 4.98 Å². The molecule has 0 amide bonds. The van der Waals surface area contributed by atoms with Crippen LogP contribution in [0.25, 0.3) is 21.8 Å². The smallest absolute Gasteiger partial charge is 0.260 e. The van der Waals surface area contributed by atoms with Crippen LogP contribution in [-0.2, 0) is 19.5 Å². The van der Waals surface area contributed by atoms with E-state index >= 15 is 0 Å². The SMILES string of the molecule is O=c1c2cc3c(=O)n(Cc4ccc5c(c4)OCCO5)ccc3nc2ccn1CCc1cccs1. The normalized spacial score (nSPS) is 12.9. The molecule has 5 aromatic rings. The van der Waals surface area contributed by atoms with Gasteiger partial charge in [-0.15, -0.1) is 11.3 Å². The Morgan fingerprint density at radius 1 is 0.853 bits per heavy atom. The van der Waals surface area contributed by atoms with Gasteiger partial charge < -0.3 is 18.6 Å². The van der Waals surface area contributed by atoms with Gasteiger partial charge in [-0.3, -0.25) is 9.59 Å². The monoisotopic (exact) mass is 471 g/mol. The molecule has 34 heavy (non-hydrogen) atoms. The van der Waals surface area contributed by atoms with Crippen molar-refractivity contribution in [2.45, 2.75) is 19.5 Å². The summed E-state index contributed by atoms with van der Waals surface area (Å²) in [5.41, 5.74) is 1.77. The molecule has 0 saturated carbocycles. The van der Waals surface area contributed by atoms with Crippen LogP contribution in [0.5, 0.6) is 11.5 Å². The second-order valence-electron chi connectivity index (χ2n) is 8.22. The average Bonchev–Trinajstić information content (AvgIpc) is 3.38. The fourth-order valence-electron chi connectivity index (χ4n) is 4.27. The highest BCUT2D eigenvalue weighted by atomic mass is 32.1. The molecule has 4 aromatic heterocycles. The predicted octanol–water partition coefficient (Wildman–Crippen LogP) is 3.84. The lowest BCUT2D eigenvalue weighted by atomic mass is 10.1. The Labute approximate surface area is 198 Å². The van der Waals surface area contributed by atoms with Crippen LogP contribution >= 0.6 is 11.3 Å². The van der Waals surface area contributed by atoms with Gasteiger partial charge in [0.15, 0.2) is 11.5 Å². The minimum absolute atomic E-state index is 0.134. The summed E-state index contributed by atoms with van der Waals surface area (Å²) < 4.78 is 14.5. The number of benzene rings is 1. The van der Waals surface area contributed by atoms with Gasteiger partial charge >= 0.3 is 0 Å². The topological polar surface area (TPSA) is 75.3 Å². The van der Waals surface area contributed by atoms with Gasteiger partial charge in [0.2, 0.25) is 0 Å². The van der Waals surface area contributed by atoms with Gasteiger partial charge in [-0.05, 0) is 53.8 Å². The predicted molar refractivity (Wildman–Crippen MR) is 132 cm³/mol. The quantitative estimate of drug-likeness (QED) is 0.364. The van der Waals surface area contributed by atoms with E-state index < -0.39 is 0 Å². The molecule has 0 spiro atoms. The fourth-order valence-corrected chi connectivity index (χ4v) is 4.97. The minimum Gasteiger partial charge on any atom is -0.486 e. The molecular formula is C26H21N3O4S. The van der Waals surface area contributed by atoms with Crippen molar-refractivity contribution in [3.8, 4) is 11.5 Å². The van der Waals surface area contributed by atoms with E-state index in [4.69, 9.17) is 9.47 Å². The molecule has 0 bridgehead atoms. The molecule has 0 fully saturated rings. The summed E-state index contributed by atoms with van der Waals surface area (Å²) >= 11 is 1.68. The third kappa shape index (κ3) is 3.76. The Kier molecular flexibility index (Phi) is 5.15. The van der Waals surface area contributed by atoms with Crippen LogP contribution in [0.2, 0.25) is 0 Å². The van der Waals surface area contributed by atoms with Crippen molar-refractivity contribution in [2.75, 3.05) is 13.2 Å². The summed E-state index contributed by atoms with van der Waals surface area (Å²) in [5.74, 6) is 1.40. The van der Waals surface area contributed by atoms with Crippen LogP contribution in [0.3, 0.4) is 0 Å². The van der Waals surface area contributed by atoms with Crippen molar-refractivity contribution in [2.24, 2.45) is 0 Å². The molecule has 5 heterocycles. The van der Waals surface area contributed by atoms with Gasteiger partial charge in [0.05, 0.1) is 28.4 Å². The zero-order chi connectivity index (χ0) is 23.1. The second kappa shape index (κ2) is 8.46. The van der Waals surface area contributed by atoms with E-state index in [9.17, 15) is 9.59 Å². The van der Waals surface area contributed by atoms with E-state index in [2.05, 4.69) is 11.1 Å². The number of aryl methyl sites for hydroxylation is 2. The lowest BCUT2D eigenvalue weighted by molar-refractivity contribution is 0.171. The summed E-state index contributed by atoms with van der Waals surface area (Å²) in [6.07, 6.45) is 4.30. The zero-order valence-electron chi connectivity index (χ0n) is 18.3. The molecule has 6 rings (SSSR count). The van der Waals surface area contributed by atoms with E-state index in [0.29, 0.717) is 59.6 Å². The number of ether oxygens (including phenoxy) is 2. The largest absolute Gasteiger partial charge is 0.486 e. The van der Waals surface area contributed by atoms with E-state index in [1.54, 1.807) is 38.9 Å². The van der Waals surface area contributed by atoms with E-state index in [-0.39, 0.29) is 11.1 Å². The number of thiophene rings is 1. The van der Waals surface area contributed by atoms with Crippen molar-refractivity contribution in [1.29, 1.82) is 0 Å². The summed E-state index contributed by atoms with van der Waals surface area (Å²) in [5, 5.41) is 2.92. The highest BCUT2D eigenvalue weighted by Gasteiger charge is 2.14. The maximum Gasteiger partial charge on any atom is 0.260 e. The molecular weight excluding hydrogens is 450 g/mol. The molecule has 7 nitrogen and oxygen atoms in total. The molecule has 0 unspecified atom stereocenters. The Bertz CT molecular complexity index is 1640. The average molecular weight is 472 g/mol. The van der Waals surface area contributed by atoms with Crippen LogP contribution in [0, 0.1) is 0 Å². The van der Waals surface area contributed by atoms with Crippen LogP contribution in [0.1, 0.15) is 10.4 Å². The third-order valence-corrected chi connectivity index (χ3v) is 6.96. The number of hydrogen-bond acceptors (Lipinski definition) is 6. The van der Waals surface area contributed by atoms with Gasteiger partial charge in [0.1, 0.15) is 13.2 Å². The van der Waals surface area contributed by atoms with E-state index in [0.717, 1.165) is 12.0 Å². The Morgan fingerprint density at radius 2 is 1.59 bits per heavy atom. The number of hydrogen-bond donors (Lipinski definition) is 0. The summed E-state index contributed by atoms with van der Waals surface area (Å²) in [4.78, 5) is 32.3. The maximum absolute atomic E-state index is 13.3. The third-order valence-electron chi connectivity index (χ3n) is 6.03. The molecule has 0 aliphatic carbocycles. The lowest BCUT2D eigenvalue weighted by Crippen LogP contribution is -2.23. The first-order chi connectivity index (χ1) is 16.7. The molecule has 1 aliphatic rings. The Morgan fingerprint density at radius 3 is 2.35 bits per heavy atom. The second-order valence-corrected chi connectivity index (χ2v) is 9.26. The van der Waals surface area contributed by atoms with Crippen LogP contribution in [0.4, 0.5) is 0 Å². The van der Waals surface area contributed by atoms with Gasteiger partial charge in [-0.1, -0.05) is 12.1 Å². The molecule has 170 valence electrons. The first-order valence-corrected chi connectivity index (χ1v) is 12.0. The Hall–Kier alpha value is -3.91. The van der Waals surface area contributed by atoms with Crippen LogP contribution < -0.4 is 20.6 Å². The van der Waals surface area contributed by atoms with E-state index in [1.807, 2.05) is 41.8 Å². The van der Waals surface area contributed by atoms with Crippen molar-refractivity contribution in [1.82, 2.24) is 14.1 Å². The number of nitrogens with zero attached hydrogens (tertiary/aromatic N) is 3. The van der Waals surface area contributed by atoms with Crippen molar-refractivity contribution in [3.63, 3.8) is 0 Å². The van der Waals surface area contributed by atoms with Gasteiger partial charge in [0.25, 0.3) is 11.1 Å². The maximum atomic E-state index is 13.3. The van der Waals surface area contributed by atoms with Crippen LogP contribution in [-0.4, -0.2) is 27.3 Å². The molecule has 1 aliphatic heterocycles. The first-order valence-electron chi connectivity index (χ1n) is 11.1. The molecule has 0 N–H and O–H groups in total. The van der Waals surface area contributed by atoms with Crippen molar-refractivity contribution < 1.29 is 9.47 Å². The molecule has 1 aromatic carbocycles. The number of aromatic nitrogens is 3. The minimum atomic E-state index is -0.185. The molecule has 8 heteroatoms. The lowest BCUT2D eigenvalue weighted by Gasteiger charge is -2.19. The van der Waals surface area contributed by atoms with Gasteiger partial charge in [0, 0.05) is 23.8 Å². The summed E-state index contributed by atoms with van der Waals surface area (Å²) in [6.45, 7) is 2.00. The molecule has 0 saturated heterocycles.